The average molecular weight is 217 g/mol. The van der Waals surface area contributed by atoms with Gasteiger partial charge >= 0.3 is 5.97 Å². The first-order valence-corrected chi connectivity index (χ1v) is 4.52. The minimum absolute atomic E-state index is 0.299. The van der Waals surface area contributed by atoms with Gasteiger partial charge in [0.1, 0.15) is 6.17 Å². The normalized spacial score (nSPS) is 14.8. The van der Waals surface area contributed by atoms with E-state index in [1.54, 1.807) is 12.1 Å². The van der Waals surface area contributed by atoms with E-state index in [0.29, 0.717) is 10.6 Å². The number of carboxylic acids is 1. The summed E-state index contributed by atoms with van der Waals surface area (Å²) in [5.41, 5.74) is 0.299. The fourth-order valence-electron chi connectivity index (χ4n) is 1.09. The summed E-state index contributed by atoms with van der Waals surface area (Å²) in [4.78, 5) is 10.5. The number of hydrogen-bond acceptors (Lipinski definition) is 1. The van der Waals surface area contributed by atoms with E-state index in [2.05, 4.69) is 0 Å². The lowest BCUT2D eigenvalue weighted by molar-refractivity contribution is -0.143. The van der Waals surface area contributed by atoms with Crippen LogP contribution in [0, 0.1) is 5.92 Å². The van der Waals surface area contributed by atoms with E-state index >= 15 is 0 Å². The van der Waals surface area contributed by atoms with E-state index in [-0.39, 0.29) is 0 Å². The van der Waals surface area contributed by atoms with Crippen LogP contribution in [0.4, 0.5) is 4.39 Å². The van der Waals surface area contributed by atoms with Crippen LogP contribution < -0.4 is 0 Å². The van der Waals surface area contributed by atoms with Gasteiger partial charge in [-0.15, -0.1) is 0 Å². The van der Waals surface area contributed by atoms with Crippen LogP contribution in [0.25, 0.3) is 0 Å². The third-order valence-electron chi connectivity index (χ3n) is 2.00. The molecule has 0 aromatic heterocycles. The number of rotatable bonds is 3. The van der Waals surface area contributed by atoms with E-state index < -0.39 is 18.1 Å². The van der Waals surface area contributed by atoms with Gasteiger partial charge in [-0.25, -0.2) is 4.39 Å². The molecule has 2 nitrogen and oxygen atoms in total. The molecule has 0 saturated heterocycles. The first-order chi connectivity index (χ1) is 6.52. The topological polar surface area (TPSA) is 37.3 Å². The second-order valence-electron chi connectivity index (χ2n) is 3.08. The summed E-state index contributed by atoms with van der Waals surface area (Å²) in [5.74, 6) is -2.22. The van der Waals surface area contributed by atoms with Crippen LogP contribution in [0.1, 0.15) is 18.7 Å². The van der Waals surface area contributed by atoms with E-state index in [4.69, 9.17) is 16.7 Å². The fraction of sp³-hybridized carbons (Fsp3) is 0.300. The van der Waals surface area contributed by atoms with Gasteiger partial charge in [0.15, 0.2) is 0 Å². The Morgan fingerprint density at radius 1 is 1.57 bits per heavy atom. The lowest BCUT2D eigenvalue weighted by Crippen LogP contribution is -2.15. The van der Waals surface area contributed by atoms with Crippen molar-refractivity contribution in [3.8, 4) is 0 Å². The Labute approximate surface area is 86.3 Å². The van der Waals surface area contributed by atoms with E-state index in [0.717, 1.165) is 0 Å². The summed E-state index contributed by atoms with van der Waals surface area (Å²) in [6.45, 7) is 1.33. The lowest BCUT2D eigenvalue weighted by atomic mass is 9.99. The number of aliphatic carboxylic acids is 1. The second kappa shape index (κ2) is 4.42. The minimum atomic E-state index is -1.52. The highest BCUT2D eigenvalue weighted by molar-refractivity contribution is 6.30. The van der Waals surface area contributed by atoms with Crippen molar-refractivity contribution in [1.29, 1.82) is 0 Å². The van der Waals surface area contributed by atoms with Gasteiger partial charge in [-0.2, -0.15) is 0 Å². The molecular weight excluding hydrogens is 207 g/mol. The van der Waals surface area contributed by atoms with Crippen molar-refractivity contribution in [3.05, 3.63) is 34.9 Å². The van der Waals surface area contributed by atoms with E-state index in [1.165, 1.54) is 19.1 Å². The van der Waals surface area contributed by atoms with Crippen molar-refractivity contribution in [3.63, 3.8) is 0 Å². The Kier molecular flexibility index (Phi) is 3.47. The summed E-state index contributed by atoms with van der Waals surface area (Å²) in [5, 5.41) is 9.02. The highest BCUT2D eigenvalue weighted by Crippen LogP contribution is 2.27. The Bertz CT molecular complexity index is 341. The quantitative estimate of drug-likeness (QED) is 0.843. The maximum absolute atomic E-state index is 13.5. The second-order valence-corrected chi connectivity index (χ2v) is 3.52. The molecule has 0 bridgehead atoms. The Balaban J connectivity index is 2.89. The zero-order valence-electron chi connectivity index (χ0n) is 7.58. The summed E-state index contributed by atoms with van der Waals surface area (Å²) in [6.07, 6.45) is -1.52. The van der Waals surface area contributed by atoms with Gasteiger partial charge in [-0.3, -0.25) is 4.79 Å². The van der Waals surface area contributed by atoms with Gasteiger partial charge in [0.25, 0.3) is 0 Å². The van der Waals surface area contributed by atoms with Gasteiger partial charge in [-0.05, 0) is 24.6 Å². The number of carbonyl (C=O) groups is 1. The van der Waals surface area contributed by atoms with Crippen molar-refractivity contribution in [2.75, 3.05) is 0 Å². The van der Waals surface area contributed by atoms with E-state index in [1.807, 2.05) is 0 Å². The smallest absolute Gasteiger partial charge is 0.309 e. The van der Waals surface area contributed by atoms with Crippen molar-refractivity contribution in [2.24, 2.45) is 5.92 Å². The maximum Gasteiger partial charge on any atom is 0.309 e. The molecule has 0 spiro atoms. The zero-order chi connectivity index (χ0) is 10.7. The molecular formula is C10H10ClFO2. The fourth-order valence-corrected chi connectivity index (χ4v) is 1.29. The summed E-state index contributed by atoms with van der Waals surface area (Å²) < 4.78 is 13.5. The van der Waals surface area contributed by atoms with Gasteiger partial charge in [-0.1, -0.05) is 23.7 Å². The molecule has 0 radical (unpaired) electrons. The average Bonchev–Trinajstić information content (AvgIpc) is 2.15. The molecule has 0 aliphatic carbocycles. The van der Waals surface area contributed by atoms with Crippen molar-refractivity contribution in [2.45, 2.75) is 13.1 Å². The van der Waals surface area contributed by atoms with Gasteiger partial charge in [0.2, 0.25) is 0 Å². The number of hydrogen-bond donors (Lipinski definition) is 1. The SMILES string of the molecule is CC(C(=O)O)C(F)c1cccc(Cl)c1. The molecule has 14 heavy (non-hydrogen) atoms. The van der Waals surface area contributed by atoms with Crippen LogP contribution in [-0.2, 0) is 4.79 Å². The first-order valence-electron chi connectivity index (χ1n) is 4.14. The van der Waals surface area contributed by atoms with Crippen LogP contribution >= 0.6 is 11.6 Å². The van der Waals surface area contributed by atoms with Gasteiger partial charge in [0, 0.05) is 5.02 Å². The molecule has 0 aliphatic rings. The van der Waals surface area contributed by atoms with Crippen molar-refractivity contribution < 1.29 is 14.3 Å². The van der Waals surface area contributed by atoms with Crippen molar-refractivity contribution in [1.82, 2.24) is 0 Å². The summed E-state index contributed by atoms with van der Waals surface area (Å²) >= 11 is 5.66. The largest absolute Gasteiger partial charge is 0.481 e. The molecule has 2 unspecified atom stereocenters. The maximum atomic E-state index is 13.5. The van der Waals surface area contributed by atoms with Crippen LogP contribution in [0.2, 0.25) is 5.02 Å². The highest BCUT2D eigenvalue weighted by Gasteiger charge is 2.24. The Hall–Kier alpha value is -1.09. The molecule has 4 heteroatoms. The van der Waals surface area contributed by atoms with Crippen LogP contribution in [-0.4, -0.2) is 11.1 Å². The predicted octanol–water partition coefficient (Wildman–Crippen LogP) is 3.07. The third-order valence-corrected chi connectivity index (χ3v) is 2.23. The molecule has 0 heterocycles. The van der Waals surface area contributed by atoms with E-state index in [9.17, 15) is 9.18 Å². The predicted molar refractivity (Wildman–Crippen MR) is 52.1 cm³/mol. The molecule has 1 rings (SSSR count). The third kappa shape index (κ3) is 2.45. The molecule has 0 saturated carbocycles. The molecule has 1 N–H and O–H groups in total. The monoisotopic (exact) mass is 216 g/mol. The number of halogens is 2. The molecule has 1 aromatic carbocycles. The van der Waals surface area contributed by atoms with Crippen LogP contribution in [0.5, 0.6) is 0 Å². The Morgan fingerprint density at radius 3 is 2.71 bits per heavy atom. The van der Waals surface area contributed by atoms with Crippen LogP contribution in [0.3, 0.4) is 0 Å². The highest BCUT2D eigenvalue weighted by atomic mass is 35.5. The lowest BCUT2D eigenvalue weighted by Gasteiger charge is -2.12. The Morgan fingerprint density at radius 2 is 2.21 bits per heavy atom. The van der Waals surface area contributed by atoms with Crippen molar-refractivity contribution >= 4 is 17.6 Å². The first kappa shape index (κ1) is 11.0. The molecule has 76 valence electrons. The zero-order valence-corrected chi connectivity index (χ0v) is 8.33. The van der Waals surface area contributed by atoms with Gasteiger partial charge in [0.05, 0.1) is 5.92 Å². The molecule has 0 aliphatic heterocycles. The van der Waals surface area contributed by atoms with Crippen LogP contribution in [0.15, 0.2) is 24.3 Å². The number of alkyl halides is 1. The molecule has 0 amide bonds. The number of benzene rings is 1. The summed E-state index contributed by atoms with van der Waals surface area (Å²) in [7, 11) is 0. The molecule has 0 fully saturated rings. The molecule has 2 atom stereocenters. The molecule has 1 aromatic rings. The number of carboxylic acid groups (broad SMARTS) is 1. The standard InChI is InChI=1S/C10H10ClFO2/c1-6(10(13)14)9(12)7-3-2-4-8(11)5-7/h2-6,9H,1H3,(H,13,14). The minimum Gasteiger partial charge on any atom is -0.481 e. The summed E-state index contributed by atoms with van der Waals surface area (Å²) in [6, 6.07) is 6.17. The van der Waals surface area contributed by atoms with Gasteiger partial charge < -0.3 is 5.11 Å².